The van der Waals surface area contributed by atoms with Crippen molar-refractivity contribution >= 4 is 30.9 Å². The molecule has 0 radical (unpaired) electrons. The number of carbonyl (C=O) groups excluding carboxylic acids is 3. The minimum atomic E-state index is -3.11. The fourth-order valence-corrected chi connectivity index (χ4v) is 0.665. The van der Waals surface area contributed by atoms with Gasteiger partial charge in [0.15, 0.2) is 16.6 Å². The Hall–Kier alpha value is -0.530. The fraction of sp³-hybridized carbons (Fsp3) is 0.667. The van der Waals surface area contributed by atoms with Crippen LogP contribution in [0.15, 0.2) is 0 Å². The van der Waals surface area contributed by atoms with Gasteiger partial charge in [-0.3, -0.25) is 14.4 Å². The van der Waals surface area contributed by atoms with Gasteiger partial charge >= 0.3 is 0 Å². The first kappa shape index (κ1) is 17.9. The van der Waals surface area contributed by atoms with E-state index in [2.05, 4.69) is 0 Å². The standard InChI is InChI=1S/C5H9O3P.C4H9O2P/c1-4(6)9(3,8)5(2)7;1-4(5)7(2,3)6/h1-3H3;1-3H3. The smallest absolute Gasteiger partial charge is 0.207 e. The maximum Gasteiger partial charge on any atom is 0.207 e. The highest BCUT2D eigenvalue weighted by atomic mass is 31.2. The summed E-state index contributed by atoms with van der Waals surface area (Å²) in [6.45, 7) is 7.81. The highest BCUT2D eigenvalue weighted by molar-refractivity contribution is 7.93. The van der Waals surface area contributed by atoms with Crippen LogP contribution in [0.5, 0.6) is 0 Å². The van der Waals surface area contributed by atoms with Gasteiger partial charge in [-0.2, -0.15) is 0 Å². The van der Waals surface area contributed by atoms with Crippen molar-refractivity contribution in [2.75, 3.05) is 20.0 Å². The first-order valence-corrected chi connectivity index (χ1v) is 9.25. The van der Waals surface area contributed by atoms with Crippen molar-refractivity contribution in [3.05, 3.63) is 0 Å². The molecule has 0 bridgehead atoms. The molecule has 16 heavy (non-hydrogen) atoms. The van der Waals surface area contributed by atoms with Crippen LogP contribution in [0.25, 0.3) is 0 Å². The first-order valence-electron chi connectivity index (χ1n) is 4.49. The average molecular weight is 268 g/mol. The third-order valence-corrected chi connectivity index (χ3v) is 5.88. The predicted octanol–water partition coefficient (Wildman–Crippen LogP) is 2.23. The number of carbonyl (C=O) groups is 3. The molecule has 94 valence electrons. The minimum Gasteiger partial charge on any atom is -0.316 e. The van der Waals surface area contributed by atoms with Crippen LogP contribution >= 0.6 is 14.3 Å². The SMILES string of the molecule is CC(=O)P(C)(=O)C(C)=O.CC(=O)P(C)(C)=O. The molecule has 0 aliphatic heterocycles. The van der Waals surface area contributed by atoms with E-state index in [9.17, 15) is 23.5 Å². The summed E-state index contributed by atoms with van der Waals surface area (Å²) < 4.78 is 21.5. The predicted molar refractivity (Wildman–Crippen MR) is 65.0 cm³/mol. The lowest BCUT2D eigenvalue weighted by Gasteiger charge is -2.00. The highest BCUT2D eigenvalue weighted by Crippen LogP contribution is 2.42. The molecular weight excluding hydrogens is 250 g/mol. The molecule has 0 amide bonds. The maximum absolute atomic E-state index is 10.9. The molecule has 0 aromatic carbocycles. The van der Waals surface area contributed by atoms with Crippen LogP contribution in [0.4, 0.5) is 0 Å². The first-order chi connectivity index (χ1) is 6.83. The van der Waals surface area contributed by atoms with E-state index >= 15 is 0 Å². The van der Waals surface area contributed by atoms with Crippen LogP contribution in [0.2, 0.25) is 0 Å². The summed E-state index contributed by atoms with van der Waals surface area (Å²) in [6, 6.07) is 0. The molecule has 0 saturated heterocycles. The van der Waals surface area contributed by atoms with E-state index in [-0.39, 0.29) is 5.52 Å². The van der Waals surface area contributed by atoms with E-state index in [0.29, 0.717) is 0 Å². The zero-order chi connectivity index (χ0) is 13.7. The summed E-state index contributed by atoms with van der Waals surface area (Å²) in [7, 11) is -5.49. The topological polar surface area (TPSA) is 85.3 Å². The van der Waals surface area contributed by atoms with Crippen molar-refractivity contribution in [2.24, 2.45) is 0 Å². The normalized spacial score (nSPS) is 11.1. The van der Waals surface area contributed by atoms with Gasteiger partial charge < -0.3 is 9.13 Å². The Kier molecular flexibility index (Phi) is 6.99. The minimum absolute atomic E-state index is 0.201. The number of rotatable bonds is 3. The third-order valence-electron chi connectivity index (χ3n) is 1.96. The molecule has 0 rings (SSSR count). The van der Waals surface area contributed by atoms with E-state index in [4.69, 9.17) is 0 Å². The third kappa shape index (κ3) is 6.86. The number of hydrogen-bond acceptors (Lipinski definition) is 5. The van der Waals surface area contributed by atoms with Gasteiger partial charge in [-0.1, -0.05) is 0 Å². The largest absolute Gasteiger partial charge is 0.316 e. The summed E-state index contributed by atoms with van der Waals surface area (Å²) in [6.07, 6.45) is 0. The summed E-state index contributed by atoms with van der Waals surface area (Å²) >= 11 is 0. The molecule has 7 heteroatoms. The lowest BCUT2D eigenvalue weighted by atomic mass is 10.9. The Labute approximate surface area is 95.7 Å². The molecule has 0 saturated carbocycles. The summed E-state index contributed by atoms with van der Waals surface area (Å²) in [5.41, 5.74) is -1.24. The molecule has 0 aliphatic carbocycles. The van der Waals surface area contributed by atoms with Crippen molar-refractivity contribution in [2.45, 2.75) is 20.8 Å². The molecule has 0 aromatic rings. The Balaban J connectivity index is 0. The van der Waals surface area contributed by atoms with E-state index in [1.54, 1.807) is 0 Å². The van der Waals surface area contributed by atoms with E-state index < -0.39 is 25.3 Å². The zero-order valence-corrected chi connectivity index (χ0v) is 12.2. The van der Waals surface area contributed by atoms with Gasteiger partial charge in [0.1, 0.15) is 7.14 Å². The Bertz CT molecular complexity index is 373. The van der Waals surface area contributed by atoms with Crippen molar-refractivity contribution in [1.29, 1.82) is 0 Å². The van der Waals surface area contributed by atoms with Crippen LogP contribution in [0.3, 0.4) is 0 Å². The molecule has 0 heterocycles. The van der Waals surface area contributed by atoms with Gasteiger partial charge in [-0.05, 0) is 13.3 Å². The second-order valence-electron chi connectivity index (χ2n) is 3.83. The Morgan fingerprint density at radius 1 is 0.688 bits per heavy atom. The molecule has 0 spiro atoms. The van der Waals surface area contributed by atoms with E-state index in [1.165, 1.54) is 40.8 Å². The van der Waals surface area contributed by atoms with Crippen LogP contribution in [-0.4, -0.2) is 36.6 Å². The summed E-state index contributed by atoms with van der Waals surface area (Å²) in [5.74, 6) is 0. The van der Waals surface area contributed by atoms with Gasteiger partial charge in [0.2, 0.25) is 7.14 Å². The maximum atomic E-state index is 10.9. The van der Waals surface area contributed by atoms with Crippen molar-refractivity contribution in [3.63, 3.8) is 0 Å². The van der Waals surface area contributed by atoms with Gasteiger partial charge in [0, 0.05) is 27.4 Å². The van der Waals surface area contributed by atoms with Gasteiger partial charge in [0.05, 0.1) is 0 Å². The molecule has 0 aliphatic rings. The van der Waals surface area contributed by atoms with Crippen molar-refractivity contribution in [1.82, 2.24) is 0 Å². The van der Waals surface area contributed by atoms with Gasteiger partial charge in [-0.25, -0.2) is 0 Å². The average Bonchev–Trinajstić information content (AvgIpc) is 2.02. The molecule has 0 N–H and O–H groups in total. The Morgan fingerprint density at radius 2 is 0.875 bits per heavy atom. The monoisotopic (exact) mass is 268 g/mol. The quantitative estimate of drug-likeness (QED) is 0.732. The number of hydrogen-bond donors (Lipinski definition) is 0. The van der Waals surface area contributed by atoms with E-state index in [0.717, 1.165) is 0 Å². The van der Waals surface area contributed by atoms with Crippen LogP contribution in [0, 0.1) is 0 Å². The molecule has 0 atom stereocenters. The lowest BCUT2D eigenvalue weighted by molar-refractivity contribution is -0.113. The lowest BCUT2D eigenvalue weighted by Crippen LogP contribution is -2.00. The highest BCUT2D eigenvalue weighted by Gasteiger charge is 2.26. The van der Waals surface area contributed by atoms with Crippen LogP contribution < -0.4 is 0 Å². The van der Waals surface area contributed by atoms with Crippen molar-refractivity contribution < 1.29 is 23.5 Å². The molecule has 5 nitrogen and oxygen atoms in total. The second kappa shape index (κ2) is 6.27. The fourth-order valence-electron chi connectivity index (χ4n) is 0.222. The molecular formula is C9H18O5P2. The second-order valence-corrected chi connectivity index (χ2v) is 10.3. The Morgan fingerprint density at radius 3 is 0.875 bits per heavy atom. The summed E-state index contributed by atoms with van der Waals surface area (Å²) in [4.78, 5) is 31.0. The molecule has 0 unspecified atom stereocenters. The van der Waals surface area contributed by atoms with Gasteiger partial charge in [-0.15, -0.1) is 0 Å². The molecule has 0 fully saturated rings. The summed E-state index contributed by atoms with van der Waals surface area (Å²) in [5, 5.41) is 0. The zero-order valence-electron chi connectivity index (χ0n) is 10.4. The van der Waals surface area contributed by atoms with Crippen LogP contribution in [-0.2, 0) is 23.5 Å². The van der Waals surface area contributed by atoms with Crippen LogP contribution in [0.1, 0.15) is 20.8 Å². The van der Waals surface area contributed by atoms with Gasteiger partial charge in [0.25, 0.3) is 0 Å². The molecule has 0 aromatic heterocycles. The van der Waals surface area contributed by atoms with E-state index in [1.807, 2.05) is 0 Å². The van der Waals surface area contributed by atoms with Crippen molar-refractivity contribution in [3.8, 4) is 0 Å².